The van der Waals surface area contributed by atoms with Gasteiger partial charge in [0.1, 0.15) is 5.75 Å². The molecule has 0 heterocycles. The van der Waals surface area contributed by atoms with E-state index in [9.17, 15) is 10.2 Å². The second-order valence-electron chi connectivity index (χ2n) is 5.80. The Labute approximate surface area is 122 Å². The molecule has 0 saturated carbocycles. The third-order valence-corrected chi connectivity index (χ3v) is 3.92. The Morgan fingerprint density at radius 1 is 1.15 bits per heavy atom. The van der Waals surface area contributed by atoms with Gasteiger partial charge < -0.3 is 14.9 Å². The van der Waals surface area contributed by atoms with Gasteiger partial charge in [-0.1, -0.05) is 32.9 Å². The predicted octanol–water partition coefficient (Wildman–Crippen LogP) is 3.44. The van der Waals surface area contributed by atoms with Gasteiger partial charge in [-0.25, -0.2) is 0 Å². The molecule has 0 bridgehead atoms. The van der Waals surface area contributed by atoms with Crippen molar-refractivity contribution in [2.75, 3.05) is 7.11 Å². The Balaban J connectivity index is 3.01. The average molecular weight is 280 g/mol. The number of methoxy groups -OCH3 is 1. The van der Waals surface area contributed by atoms with Crippen molar-refractivity contribution in [2.45, 2.75) is 64.6 Å². The van der Waals surface area contributed by atoms with Gasteiger partial charge in [0.25, 0.3) is 0 Å². The van der Waals surface area contributed by atoms with E-state index in [1.807, 2.05) is 6.07 Å². The smallest absolute Gasteiger partial charge is 0.122 e. The van der Waals surface area contributed by atoms with Gasteiger partial charge in [-0.05, 0) is 48.8 Å². The molecule has 0 fully saturated rings. The molecule has 0 radical (unpaired) electrons. The maximum atomic E-state index is 9.89. The Bertz CT molecular complexity index is 413. The van der Waals surface area contributed by atoms with Crippen LogP contribution in [0.4, 0.5) is 0 Å². The van der Waals surface area contributed by atoms with Gasteiger partial charge >= 0.3 is 0 Å². The van der Waals surface area contributed by atoms with Crippen molar-refractivity contribution in [1.29, 1.82) is 0 Å². The summed E-state index contributed by atoms with van der Waals surface area (Å²) in [6, 6.07) is 6.24. The van der Waals surface area contributed by atoms with Crippen LogP contribution in [0.15, 0.2) is 18.2 Å². The molecule has 3 unspecified atom stereocenters. The van der Waals surface area contributed by atoms with Crippen LogP contribution in [0.3, 0.4) is 0 Å². The summed E-state index contributed by atoms with van der Waals surface area (Å²) in [6.45, 7) is 8.03. The van der Waals surface area contributed by atoms with Gasteiger partial charge in [-0.15, -0.1) is 0 Å². The van der Waals surface area contributed by atoms with Crippen LogP contribution in [-0.2, 0) is 0 Å². The minimum absolute atomic E-state index is 0.253. The molecule has 0 spiro atoms. The second kappa shape index (κ2) is 7.65. The van der Waals surface area contributed by atoms with E-state index in [0.717, 1.165) is 12.2 Å². The van der Waals surface area contributed by atoms with Crippen LogP contribution in [-0.4, -0.2) is 29.5 Å². The van der Waals surface area contributed by atoms with E-state index in [1.165, 1.54) is 11.1 Å². The van der Waals surface area contributed by atoms with Crippen LogP contribution in [0.25, 0.3) is 0 Å². The van der Waals surface area contributed by atoms with Crippen LogP contribution >= 0.6 is 0 Å². The lowest BCUT2D eigenvalue weighted by molar-refractivity contribution is 0.0215. The quantitative estimate of drug-likeness (QED) is 0.804. The summed E-state index contributed by atoms with van der Waals surface area (Å²) in [5.74, 6) is 1.56. The van der Waals surface area contributed by atoms with E-state index in [-0.39, 0.29) is 5.92 Å². The van der Waals surface area contributed by atoms with Crippen LogP contribution < -0.4 is 4.74 Å². The summed E-state index contributed by atoms with van der Waals surface area (Å²) < 4.78 is 5.40. The lowest BCUT2D eigenvalue weighted by atomic mass is 9.87. The van der Waals surface area contributed by atoms with Gasteiger partial charge in [0.15, 0.2) is 0 Å². The van der Waals surface area contributed by atoms with Gasteiger partial charge in [0.2, 0.25) is 0 Å². The van der Waals surface area contributed by atoms with E-state index >= 15 is 0 Å². The molecule has 0 saturated heterocycles. The summed E-state index contributed by atoms with van der Waals surface area (Å²) in [5, 5.41) is 19.4. The van der Waals surface area contributed by atoms with Crippen LogP contribution in [0.2, 0.25) is 0 Å². The van der Waals surface area contributed by atoms with Crippen molar-refractivity contribution in [3.8, 4) is 5.75 Å². The van der Waals surface area contributed by atoms with Gasteiger partial charge in [0.05, 0.1) is 19.3 Å². The molecule has 20 heavy (non-hydrogen) atoms. The number of rotatable bonds is 7. The standard InChI is InChI=1S/C17H28O3/c1-6-13(10-16(19)12(4)18)14-7-8-17(20-5)15(9-14)11(2)3/h7-9,11-13,16,18-19H,6,10H2,1-5H3. The largest absolute Gasteiger partial charge is 0.496 e. The van der Waals surface area contributed by atoms with Crippen molar-refractivity contribution in [3.05, 3.63) is 29.3 Å². The first kappa shape index (κ1) is 17.0. The first-order chi connectivity index (χ1) is 9.40. The lowest BCUT2D eigenvalue weighted by Gasteiger charge is -2.23. The minimum Gasteiger partial charge on any atom is -0.496 e. The second-order valence-corrected chi connectivity index (χ2v) is 5.80. The topological polar surface area (TPSA) is 49.7 Å². The first-order valence-electron chi connectivity index (χ1n) is 7.44. The van der Waals surface area contributed by atoms with Crippen molar-refractivity contribution in [3.63, 3.8) is 0 Å². The van der Waals surface area contributed by atoms with E-state index in [1.54, 1.807) is 14.0 Å². The summed E-state index contributed by atoms with van der Waals surface area (Å²) in [7, 11) is 1.69. The van der Waals surface area contributed by atoms with Crippen LogP contribution in [0.5, 0.6) is 5.75 Å². The van der Waals surface area contributed by atoms with Crippen molar-refractivity contribution >= 4 is 0 Å². The van der Waals surface area contributed by atoms with Crippen molar-refractivity contribution < 1.29 is 14.9 Å². The third kappa shape index (κ3) is 4.22. The fourth-order valence-electron chi connectivity index (χ4n) is 2.48. The Kier molecular flexibility index (Phi) is 6.50. The fraction of sp³-hybridized carbons (Fsp3) is 0.647. The fourth-order valence-corrected chi connectivity index (χ4v) is 2.48. The maximum Gasteiger partial charge on any atom is 0.122 e. The molecule has 0 amide bonds. The lowest BCUT2D eigenvalue weighted by Crippen LogP contribution is -2.24. The number of hydrogen-bond acceptors (Lipinski definition) is 3. The molecule has 1 aromatic carbocycles. The highest BCUT2D eigenvalue weighted by Crippen LogP contribution is 2.33. The molecule has 2 N–H and O–H groups in total. The third-order valence-electron chi connectivity index (χ3n) is 3.92. The van der Waals surface area contributed by atoms with Crippen LogP contribution in [0, 0.1) is 0 Å². The molecular weight excluding hydrogens is 252 g/mol. The molecule has 1 rings (SSSR count). The normalized spacial score (nSPS) is 16.0. The molecule has 114 valence electrons. The SMILES string of the molecule is CCC(CC(O)C(C)O)c1ccc(OC)c(C(C)C)c1. The molecule has 0 aliphatic heterocycles. The summed E-state index contributed by atoms with van der Waals surface area (Å²) >= 11 is 0. The first-order valence-corrected chi connectivity index (χ1v) is 7.44. The van der Waals surface area contributed by atoms with Crippen molar-refractivity contribution in [2.24, 2.45) is 0 Å². The molecular formula is C17H28O3. The van der Waals surface area contributed by atoms with Gasteiger partial charge in [0, 0.05) is 0 Å². The molecule has 3 nitrogen and oxygen atoms in total. The Morgan fingerprint density at radius 2 is 1.80 bits per heavy atom. The molecule has 0 aliphatic carbocycles. The Hall–Kier alpha value is -1.06. The highest BCUT2D eigenvalue weighted by atomic mass is 16.5. The van der Waals surface area contributed by atoms with Gasteiger partial charge in [-0.2, -0.15) is 0 Å². The number of aliphatic hydroxyl groups excluding tert-OH is 2. The average Bonchev–Trinajstić information content (AvgIpc) is 2.43. The Morgan fingerprint density at radius 3 is 2.25 bits per heavy atom. The van der Waals surface area contributed by atoms with E-state index < -0.39 is 12.2 Å². The van der Waals surface area contributed by atoms with Gasteiger partial charge in [-0.3, -0.25) is 0 Å². The highest BCUT2D eigenvalue weighted by molar-refractivity contribution is 5.40. The molecule has 0 aliphatic rings. The molecule has 1 aromatic rings. The molecule has 3 heteroatoms. The van der Waals surface area contributed by atoms with Crippen LogP contribution in [0.1, 0.15) is 63.5 Å². The highest BCUT2D eigenvalue weighted by Gasteiger charge is 2.20. The zero-order valence-corrected chi connectivity index (χ0v) is 13.3. The molecule has 3 atom stereocenters. The summed E-state index contributed by atoms with van der Waals surface area (Å²) in [6.07, 6.45) is 0.155. The van der Waals surface area contributed by atoms with E-state index in [2.05, 4.69) is 32.9 Å². The zero-order valence-electron chi connectivity index (χ0n) is 13.3. The summed E-state index contributed by atoms with van der Waals surface area (Å²) in [4.78, 5) is 0. The monoisotopic (exact) mass is 280 g/mol. The predicted molar refractivity (Wildman–Crippen MR) is 82.4 cm³/mol. The van der Waals surface area contributed by atoms with Crippen molar-refractivity contribution in [1.82, 2.24) is 0 Å². The summed E-state index contributed by atoms with van der Waals surface area (Å²) in [5.41, 5.74) is 2.40. The minimum atomic E-state index is -0.688. The number of aliphatic hydroxyl groups is 2. The maximum absolute atomic E-state index is 9.89. The van der Waals surface area contributed by atoms with E-state index in [4.69, 9.17) is 4.74 Å². The number of hydrogen-bond donors (Lipinski definition) is 2. The zero-order chi connectivity index (χ0) is 15.3. The van der Waals surface area contributed by atoms with E-state index in [0.29, 0.717) is 12.3 Å². The number of benzene rings is 1. The number of ether oxygens (including phenoxy) is 1. The molecule has 0 aromatic heterocycles.